The molecule has 0 bridgehead atoms. The molecular formula is C10H7N3S. The Morgan fingerprint density at radius 1 is 1.21 bits per heavy atom. The largest absolute Gasteiger partial charge is 0.259 e. The van der Waals surface area contributed by atoms with Crippen molar-refractivity contribution in [1.82, 2.24) is 15.2 Å². The molecule has 1 aromatic carbocycles. The van der Waals surface area contributed by atoms with Crippen LogP contribution >= 0.6 is 11.3 Å². The van der Waals surface area contributed by atoms with Gasteiger partial charge in [0.25, 0.3) is 0 Å². The van der Waals surface area contributed by atoms with Gasteiger partial charge in [-0.05, 0) is 22.9 Å². The predicted molar refractivity (Wildman–Crippen MR) is 57.2 cm³/mol. The summed E-state index contributed by atoms with van der Waals surface area (Å²) >= 11 is 1.74. The minimum Gasteiger partial charge on any atom is -0.259 e. The highest BCUT2D eigenvalue weighted by atomic mass is 32.1. The molecule has 3 aromatic rings. The first-order valence-electron chi connectivity index (χ1n) is 4.26. The van der Waals surface area contributed by atoms with Gasteiger partial charge in [-0.3, -0.25) is 5.10 Å². The van der Waals surface area contributed by atoms with E-state index in [1.807, 2.05) is 0 Å². The molecule has 68 valence electrons. The maximum Gasteiger partial charge on any atom is 0.155 e. The van der Waals surface area contributed by atoms with Crippen molar-refractivity contribution in [3.05, 3.63) is 36.0 Å². The van der Waals surface area contributed by atoms with Crippen LogP contribution in [0.15, 0.2) is 36.0 Å². The summed E-state index contributed by atoms with van der Waals surface area (Å²) in [5.74, 6) is 0.820. The highest BCUT2D eigenvalue weighted by Crippen LogP contribution is 2.25. The van der Waals surface area contributed by atoms with E-state index in [0.717, 1.165) is 11.4 Å². The molecule has 2 aromatic heterocycles. The van der Waals surface area contributed by atoms with E-state index < -0.39 is 0 Å². The number of benzene rings is 1. The highest BCUT2D eigenvalue weighted by molar-refractivity contribution is 7.17. The number of hydrogen-bond donors (Lipinski definition) is 1. The zero-order valence-electron chi connectivity index (χ0n) is 7.27. The van der Waals surface area contributed by atoms with Crippen LogP contribution in [0.3, 0.4) is 0 Å². The molecule has 1 N–H and O–H groups in total. The van der Waals surface area contributed by atoms with Crippen LogP contribution < -0.4 is 0 Å². The zero-order chi connectivity index (χ0) is 9.38. The third-order valence-electron chi connectivity index (χ3n) is 2.14. The fourth-order valence-corrected chi connectivity index (χ4v) is 2.28. The van der Waals surface area contributed by atoms with Crippen LogP contribution in [0.4, 0.5) is 0 Å². The third-order valence-corrected chi connectivity index (χ3v) is 3.02. The van der Waals surface area contributed by atoms with Crippen molar-refractivity contribution in [3.8, 4) is 11.4 Å². The standard InChI is InChI=1S/C10H7N3S/c1-2-8(10-11-6-12-13-10)5-9-7(1)3-4-14-9/h1-6H,(H,11,12,13). The molecule has 0 aliphatic carbocycles. The maximum atomic E-state index is 4.12. The lowest BCUT2D eigenvalue weighted by Crippen LogP contribution is -1.79. The average molecular weight is 201 g/mol. The smallest absolute Gasteiger partial charge is 0.155 e. The second-order valence-electron chi connectivity index (χ2n) is 3.01. The van der Waals surface area contributed by atoms with Gasteiger partial charge in [-0.1, -0.05) is 12.1 Å². The molecule has 0 aliphatic heterocycles. The second kappa shape index (κ2) is 2.92. The number of thiophene rings is 1. The fraction of sp³-hybridized carbons (Fsp3) is 0. The maximum absolute atomic E-state index is 4.12. The molecule has 4 heteroatoms. The van der Waals surface area contributed by atoms with Crippen LogP contribution in [0.2, 0.25) is 0 Å². The SMILES string of the molecule is c1n[nH]c(-c2ccc3ccsc3c2)n1. The van der Waals surface area contributed by atoms with E-state index in [4.69, 9.17) is 0 Å². The number of hydrogen-bond acceptors (Lipinski definition) is 3. The van der Waals surface area contributed by atoms with Crippen molar-refractivity contribution in [2.45, 2.75) is 0 Å². The average Bonchev–Trinajstić information content (AvgIpc) is 2.88. The Morgan fingerprint density at radius 3 is 3.07 bits per heavy atom. The molecule has 14 heavy (non-hydrogen) atoms. The molecular weight excluding hydrogens is 194 g/mol. The summed E-state index contributed by atoms with van der Waals surface area (Å²) in [6.45, 7) is 0. The van der Waals surface area contributed by atoms with Crippen LogP contribution in [0, 0.1) is 0 Å². The molecule has 3 nitrogen and oxygen atoms in total. The summed E-state index contributed by atoms with van der Waals surface area (Å²) in [6, 6.07) is 8.39. The lowest BCUT2D eigenvalue weighted by Gasteiger charge is -1.95. The Bertz CT molecular complexity index is 554. The number of rotatable bonds is 1. The van der Waals surface area contributed by atoms with E-state index in [-0.39, 0.29) is 0 Å². The van der Waals surface area contributed by atoms with Gasteiger partial charge in [-0.25, -0.2) is 4.98 Å². The molecule has 0 spiro atoms. The number of aromatic amines is 1. The van der Waals surface area contributed by atoms with Crippen LogP contribution in [0.25, 0.3) is 21.5 Å². The van der Waals surface area contributed by atoms with Gasteiger partial charge < -0.3 is 0 Å². The Balaban J connectivity index is 2.23. The number of nitrogens with one attached hydrogen (secondary N) is 1. The summed E-state index contributed by atoms with van der Waals surface area (Å²) in [7, 11) is 0. The first-order valence-corrected chi connectivity index (χ1v) is 5.14. The topological polar surface area (TPSA) is 41.6 Å². The van der Waals surface area contributed by atoms with Gasteiger partial charge in [0.05, 0.1) is 0 Å². The quantitative estimate of drug-likeness (QED) is 0.657. The van der Waals surface area contributed by atoms with Crippen molar-refractivity contribution >= 4 is 21.4 Å². The Hall–Kier alpha value is -1.68. The number of nitrogens with zero attached hydrogens (tertiary/aromatic N) is 2. The number of aromatic nitrogens is 3. The van der Waals surface area contributed by atoms with Gasteiger partial charge in [0, 0.05) is 10.3 Å². The summed E-state index contributed by atoms with van der Waals surface area (Å²) in [5, 5.41) is 10.1. The van der Waals surface area contributed by atoms with E-state index in [9.17, 15) is 0 Å². The van der Waals surface area contributed by atoms with E-state index in [0.29, 0.717) is 0 Å². The lowest BCUT2D eigenvalue weighted by atomic mass is 10.2. The third kappa shape index (κ3) is 1.12. The van der Waals surface area contributed by atoms with Gasteiger partial charge in [0.2, 0.25) is 0 Å². The molecule has 0 aliphatic rings. The second-order valence-corrected chi connectivity index (χ2v) is 3.95. The van der Waals surface area contributed by atoms with Crippen LogP contribution in [0.1, 0.15) is 0 Å². The van der Waals surface area contributed by atoms with Crippen molar-refractivity contribution in [2.24, 2.45) is 0 Å². The molecule has 0 fully saturated rings. The number of fused-ring (bicyclic) bond motifs is 1. The Kier molecular flexibility index (Phi) is 1.61. The first kappa shape index (κ1) is 7.70. The summed E-state index contributed by atoms with van der Waals surface area (Å²) < 4.78 is 1.28. The van der Waals surface area contributed by atoms with Crippen molar-refractivity contribution < 1.29 is 0 Å². The minimum absolute atomic E-state index is 0.820. The Labute approximate surface area is 84.4 Å². The molecule has 0 unspecified atom stereocenters. The van der Waals surface area contributed by atoms with Crippen LogP contribution in [0.5, 0.6) is 0 Å². The van der Waals surface area contributed by atoms with Crippen molar-refractivity contribution in [1.29, 1.82) is 0 Å². The fourth-order valence-electron chi connectivity index (χ4n) is 1.45. The van der Waals surface area contributed by atoms with E-state index in [1.54, 1.807) is 11.3 Å². The summed E-state index contributed by atoms with van der Waals surface area (Å²) in [5.41, 5.74) is 1.08. The molecule has 2 heterocycles. The lowest BCUT2D eigenvalue weighted by molar-refractivity contribution is 1.10. The van der Waals surface area contributed by atoms with Crippen LogP contribution in [-0.2, 0) is 0 Å². The van der Waals surface area contributed by atoms with Gasteiger partial charge in [0.1, 0.15) is 6.33 Å². The highest BCUT2D eigenvalue weighted by Gasteiger charge is 2.01. The van der Waals surface area contributed by atoms with Gasteiger partial charge in [0.15, 0.2) is 5.82 Å². The molecule has 0 radical (unpaired) electrons. The van der Waals surface area contributed by atoms with Gasteiger partial charge in [-0.2, -0.15) is 5.10 Å². The van der Waals surface area contributed by atoms with E-state index in [1.165, 1.54) is 16.4 Å². The molecule has 0 saturated carbocycles. The van der Waals surface area contributed by atoms with Gasteiger partial charge in [-0.15, -0.1) is 11.3 Å². The first-order chi connectivity index (χ1) is 6.93. The normalized spacial score (nSPS) is 10.9. The summed E-state index contributed by atoms with van der Waals surface area (Å²) in [4.78, 5) is 4.12. The zero-order valence-corrected chi connectivity index (χ0v) is 8.08. The summed E-state index contributed by atoms with van der Waals surface area (Å²) in [6.07, 6.45) is 1.52. The van der Waals surface area contributed by atoms with Gasteiger partial charge >= 0.3 is 0 Å². The molecule has 3 rings (SSSR count). The van der Waals surface area contributed by atoms with Crippen molar-refractivity contribution in [3.63, 3.8) is 0 Å². The predicted octanol–water partition coefficient (Wildman–Crippen LogP) is 2.69. The Morgan fingerprint density at radius 2 is 2.21 bits per heavy atom. The minimum atomic E-state index is 0.820. The molecule has 0 amide bonds. The van der Waals surface area contributed by atoms with E-state index >= 15 is 0 Å². The molecule has 0 saturated heterocycles. The number of H-pyrrole nitrogens is 1. The van der Waals surface area contributed by atoms with Crippen molar-refractivity contribution in [2.75, 3.05) is 0 Å². The van der Waals surface area contributed by atoms with Crippen LogP contribution in [-0.4, -0.2) is 15.2 Å². The van der Waals surface area contributed by atoms with E-state index in [2.05, 4.69) is 44.8 Å². The monoisotopic (exact) mass is 201 g/mol. The molecule has 0 atom stereocenters.